The lowest BCUT2D eigenvalue weighted by atomic mass is 9.56. The average molecular weight is 385 g/mol. The quantitative estimate of drug-likeness (QED) is 0.809. The molecule has 142 valence electrons. The van der Waals surface area contributed by atoms with Gasteiger partial charge in [-0.3, -0.25) is 4.79 Å². The van der Waals surface area contributed by atoms with Gasteiger partial charge in [0.25, 0.3) is 5.56 Å². The van der Waals surface area contributed by atoms with E-state index in [9.17, 15) is 9.59 Å². The number of hydrogen-bond donors (Lipinski definition) is 1. The van der Waals surface area contributed by atoms with E-state index in [-0.39, 0.29) is 5.56 Å². The molecule has 4 aliphatic carbocycles. The van der Waals surface area contributed by atoms with Gasteiger partial charge in [0.1, 0.15) is 5.82 Å². The van der Waals surface area contributed by atoms with Crippen LogP contribution < -0.4 is 5.56 Å². The summed E-state index contributed by atoms with van der Waals surface area (Å²) in [5, 5.41) is 0.506. The van der Waals surface area contributed by atoms with Crippen molar-refractivity contribution in [3.63, 3.8) is 0 Å². The highest BCUT2D eigenvalue weighted by molar-refractivity contribution is 7.99. The van der Waals surface area contributed by atoms with Gasteiger partial charge in [-0.2, -0.15) is 0 Å². The molecular formula is C21H24N2O3S. The van der Waals surface area contributed by atoms with Crippen LogP contribution in [-0.4, -0.2) is 27.8 Å². The van der Waals surface area contributed by atoms with Crippen molar-refractivity contribution in [3.05, 3.63) is 39.9 Å². The number of carbonyl (C=O) groups is 1. The first-order valence-electron chi connectivity index (χ1n) is 9.79. The van der Waals surface area contributed by atoms with E-state index in [1.807, 2.05) is 11.8 Å². The monoisotopic (exact) mass is 384 g/mol. The molecule has 0 saturated heterocycles. The fourth-order valence-electron chi connectivity index (χ4n) is 5.93. The predicted molar refractivity (Wildman–Crippen MR) is 106 cm³/mol. The maximum atomic E-state index is 12.5. The van der Waals surface area contributed by atoms with Gasteiger partial charge >= 0.3 is 5.97 Å². The number of nitrogens with one attached hydrogen (secondary N) is 1. The maximum absolute atomic E-state index is 12.5. The van der Waals surface area contributed by atoms with Crippen molar-refractivity contribution in [2.75, 3.05) is 7.11 Å². The molecule has 0 radical (unpaired) electrons. The number of rotatable bonds is 4. The standard InChI is InChI=1S/C21H24N2O3S/c1-26-20(25)15-2-3-16-17(7-15)22-18(23-19(16)24)11-27-21-8-12-4-13(9-21)6-14(5-12)10-21/h2-3,7,12-14H,4-6,8-11H2,1H3,(H,22,23,24). The molecular weight excluding hydrogens is 360 g/mol. The maximum Gasteiger partial charge on any atom is 0.337 e. The molecule has 1 aromatic heterocycles. The first-order valence-corrected chi connectivity index (χ1v) is 10.8. The van der Waals surface area contributed by atoms with Crippen LogP contribution in [-0.2, 0) is 10.5 Å². The van der Waals surface area contributed by atoms with Gasteiger partial charge in [-0.1, -0.05) is 0 Å². The Morgan fingerprint density at radius 1 is 1.22 bits per heavy atom. The number of esters is 1. The Morgan fingerprint density at radius 3 is 2.52 bits per heavy atom. The number of thioether (sulfide) groups is 1. The van der Waals surface area contributed by atoms with Gasteiger partial charge < -0.3 is 9.72 Å². The van der Waals surface area contributed by atoms with E-state index in [4.69, 9.17) is 4.74 Å². The second-order valence-corrected chi connectivity index (χ2v) is 10.1. The zero-order valence-electron chi connectivity index (χ0n) is 15.5. The summed E-state index contributed by atoms with van der Waals surface area (Å²) in [5.41, 5.74) is 0.836. The SMILES string of the molecule is COC(=O)c1ccc2c(=O)[nH]c(CSC34CC5CC(CC(C5)C3)C4)nc2c1. The normalized spacial score (nSPS) is 31.4. The van der Waals surface area contributed by atoms with Crippen LogP contribution in [0.3, 0.4) is 0 Å². The molecule has 4 bridgehead atoms. The van der Waals surface area contributed by atoms with Gasteiger partial charge in [-0.15, -0.1) is 11.8 Å². The molecule has 1 heterocycles. The summed E-state index contributed by atoms with van der Waals surface area (Å²) in [4.78, 5) is 31.8. The van der Waals surface area contributed by atoms with Crippen LogP contribution in [0.5, 0.6) is 0 Å². The molecule has 2 aromatic rings. The molecule has 0 atom stereocenters. The van der Waals surface area contributed by atoms with E-state index >= 15 is 0 Å². The number of H-pyrrole nitrogens is 1. The molecule has 0 amide bonds. The van der Waals surface area contributed by atoms with Gasteiger partial charge in [0.2, 0.25) is 0 Å². The molecule has 4 aliphatic rings. The number of aromatic nitrogens is 2. The van der Waals surface area contributed by atoms with E-state index < -0.39 is 5.97 Å². The number of ether oxygens (including phenoxy) is 1. The molecule has 27 heavy (non-hydrogen) atoms. The topological polar surface area (TPSA) is 72.1 Å². The summed E-state index contributed by atoms with van der Waals surface area (Å²) in [6.45, 7) is 0. The Labute approximate surface area is 162 Å². The van der Waals surface area contributed by atoms with Crippen LogP contribution in [0.4, 0.5) is 0 Å². The van der Waals surface area contributed by atoms with Crippen molar-refractivity contribution < 1.29 is 9.53 Å². The molecule has 4 fully saturated rings. The minimum absolute atomic E-state index is 0.141. The Kier molecular flexibility index (Phi) is 4.08. The highest BCUT2D eigenvalue weighted by atomic mass is 32.2. The van der Waals surface area contributed by atoms with Gasteiger partial charge in [0.05, 0.1) is 29.3 Å². The van der Waals surface area contributed by atoms with Gasteiger partial charge in [0, 0.05) is 4.75 Å². The molecule has 0 spiro atoms. The summed E-state index contributed by atoms with van der Waals surface area (Å²) in [5.74, 6) is 3.75. The summed E-state index contributed by atoms with van der Waals surface area (Å²) >= 11 is 2.00. The van der Waals surface area contributed by atoms with Gasteiger partial charge in [0.15, 0.2) is 0 Å². The smallest absolute Gasteiger partial charge is 0.337 e. The van der Waals surface area contributed by atoms with Crippen LogP contribution >= 0.6 is 11.8 Å². The molecule has 4 saturated carbocycles. The van der Waals surface area contributed by atoms with Gasteiger partial charge in [-0.25, -0.2) is 9.78 Å². The summed E-state index contributed by atoms with van der Waals surface area (Å²) in [6, 6.07) is 4.90. The molecule has 5 nitrogen and oxygen atoms in total. The third kappa shape index (κ3) is 3.08. The second-order valence-electron chi connectivity index (χ2n) is 8.63. The number of benzene rings is 1. The van der Waals surface area contributed by atoms with Crippen molar-refractivity contribution in [1.29, 1.82) is 0 Å². The Balaban J connectivity index is 1.40. The molecule has 1 aromatic carbocycles. The molecule has 1 N–H and O–H groups in total. The molecule has 0 aliphatic heterocycles. The number of nitrogens with zero attached hydrogens (tertiary/aromatic N) is 1. The lowest BCUT2D eigenvalue weighted by Gasteiger charge is -2.56. The van der Waals surface area contributed by atoms with E-state index in [0.29, 0.717) is 27.0 Å². The van der Waals surface area contributed by atoms with E-state index in [0.717, 1.165) is 23.5 Å². The lowest BCUT2D eigenvalue weighted by Crippen LogP contribution is -2.48. The molecule has 6 rings (SSSR count). The van der Waals surface area contributed by atoms with Crippen LogP contribution in [0.15, 0.2) is 23.0 Å². The summed E-state index contributed by atoms with van der Waals surface area (Å²) < 4.78 is 5.16. The summed E-state index contributed by atoms with van der Waals surface area (Å²) in [7, 11) is 1.35. The van der Waals surface area contributed by atoms with Crippen molar-refractivity contribution in [2.45, 2.75) is 49.0 Å². The van der Waals surface area contributed by atoms with Gasteiger partial charge in [-0.05, 0) is 74.5 Å². The Hall–Kier alpha value is -1.82. The zero-order valence-corrected chi connectivity index (χ0v) is 16.3. The average Bonchev–Trinajstić information content (AvgIpc) is 2.64. The number of hydrogen-bond acceptors (Lipinski definition) is 5. The largest absolute Gasteiger partial charge is 0.465 e. The van der Waals surface area contributed by atoms with E-state index in [1.165, 1.54) is 45.6 Å². The van der Waals surface area contributed by atoms with Crippen molar-refractivity contribution in [2.24, 2.45) is 17.8 Å². The first kappa shape index (κ1) is 17.3. The summed E-state index contributed by atoms with van der Waals surface area (Å²) in [6.07, 6.45) is 8.28. The number of carbonyl (C=O) groups excluding carboxylic acids is 1. The Morgan fingerprint density at radius 2 is 1.89 bits per heavy atom. The van der Waals surface area contributed by atoms with Crippen LogP contribution in [0.1, 0.15) is 54.7 Å². The predicted octanol–water partition coefficient (Wildman–Crippen LogP) is 3.91. The zero-order chi connectivity index (χ0) is 18.6. The number of fused-ring (bicyclic) bond motifs is 1. The lowest BCUT2D eigenvalue weighted by molar-refractivity contribution is 0.0383. The Bertz CT molecular complexity index is 932. The van der Waals surface area contributed by atoms with Crippen LogP contribution in [0.2, 0.25) is 0 Å². The van der Waals surface area contributed by atoms with Crippen molar-refractivity contribution in [3.8, 4) is 0 Å². The van der Waals surface area contributed by atoms with E-state index in [2.05, 4.69) is 9.97 Å². The van der Waals surface area contributed by atoms with Crippen LogP contribution in [0.25, 0.3) is 10.9 Å². The third-order valence-electron chi connectivity index (χ3n) is 6.67. The molecule has 0 unspecified atom stereocenters. The van der Waals surface area contributed by atoms with Crippen LogP contribution in [0, 0.1) is 17.8 Å². The number of aromatic amines is 1. The first-order chi connectivity index (χ1) is 13.0. The second kappa shape index (κ2) is 6.36. The number of methoxy groups -OCH3 is 1. The highest BCUT2D eigenvalue weighted by Crippen LogP contribution is 2.60. The minimum atomic E-state index is -0.413. The fourth-order valence-corrected chi connectivity index (χ4v) is 7.57. The molecule has 6 heteroatoms. The van der Waals surface area contributed by atoms with Crippen molar-refractivity contribution in [1.82, 2.24) is 9.97 Å². The minimum Gasteiger partial charge on any atom is -0.465 e. The third-order valence-corrected chi connectivity index (χ3v) is 8.20. The fraction of sp³-hybridized carbons (Fsp3) is 0.571. The van der Waals surface area contributed by atoms with E-state index in [1.54, 1.807) is 18.2 Å². The van der Waals surface area contributed by atoms with Crippen molar-refractivity contribution >= 4 is 28.6 Å². The highest BCUT2D eigenvalue weighted by Gasteiger charge is 2.51.